The first-order chi connectivity index (χ1) is 8.11. The van der Waals surface area contributed by atoms with Gasteiger partial charge in [-0.1, -0.05) is 28.1 Å². The van der Waals surface area contributed by atoms with Crippen molar-refractivity contribution >= 4 is 15.9 Å². The first-order valence-corrected chi connectivity index (χ1v) is 5.70. The average Bonchev–Trinajstić information content (AvgIpc) is 2.32. The Kier molecular flexibility index (Phi) is 3.43. The van der Waals surface area contributed by atoms with Gasteiger partial charge in [-0.2, -0.15) is 4.39 Å². The highest BCUT2D eigenvalue weighted by molar-refractivity contribution is 9.10. The summed E-state index contributed by atoms with van der Waals surface area (Å²) in [6, 6.07) is 9.95. The van der Waals surface area contributed by atoms with Crippen LogP contribution in [0.2, 0.25) is 0 Å². The van der Waals surface area contributed by atoms with Gasteiger partial charge >= 0.3 is 0 Å². The predicted octanol–water partition coefficient (Wildman–Crippen LogP) is 4.40. The summed E-state index contributed by atoms with van der Waals surface area (Å²) in [5, 5.41) is 0. The minimum atomic E-state index is -0.966. The third kappa shape index (κ3) is 2.47. The molecule has 17 heavy (non-hydrogen) atoms. The van der Waals surface area contributed by atoms with Gasteiger partial charge < -0.3 is 4.74 Å². The zero-order valence-corrected chi connectivity index (χ0v) is 10.6. The van der Waals surface area contributed by atoms with E-state index in [1.165, 1.54) is 13.2 Å². The molecule has 2 aromatic carbocycles. The number of halogens is 3. The van der Waals surface area contributed by atoms with Crippen LogP contribution in [0.1, 0.15) is 0 Å². The van der Waals surface area contributed by atoms with Gasteiger partial charge in [0.2, 0.25) is 5.82 Å². The van der Waals surface area contributed by atoms with Gasteiger partial charge in [0.05, 0.1) is 7.11 Å². The van der Waals surface area contributed by atoms with E-state index >= 15 is 0 Å². The maximum Gasteiger partial charge on any atom is 0.200 e. The highest BCUT2D eigenvalue weighted by Gasteiger charge is 2.12. The van der Waals surface area contributed by atoms with Crippen molar-refractivity contribution in [2.45, 2.75) is 0 Å². The highest BCUT2D eigenvalue weighted by Crippen LogP contribution is 2.29. The van der Waals surface area contributed by atoms with E-state index < -0.39 is 11.6 Å². The molecule has 0 bridgehead atoms. The molecule has 1 nitrogen and oxygen atoms in total. The Labute approximate surface area is 106 Å². The van der Waals surface area contributed by atoms with Gasteiger partial charge in [0.25, 0.3) is 0 Å². The Morgan fingerprint density at radius 2 is 1.82 bits per heavy atom. The highest BCUT2D eigenvalue weighted by atomic mass is 79.9. The van der Waals surface area contributed by atoms with Crippen LogP contribution in [0.15, 0.2) is 40.9 Å². The smallest absolute Gasteiger partial charge is 0.200 e. The van der Waals surface area contributed by atoms with E-state index in [0.717, 1.165) is 16.1 Å². The maximum absolute atomic E-state index is 13.3. The third-order valence-corrected chi connectivity index (χ3v) is 2.87. The van der Waals surface area contributed by atoms with Gasteiger partial charge in [-0.25, -0.2) is 4.39 Å². The van der Waals surface area contributed by atoms with E-state index in [9.17, 15) is 8.78 Å². The van der Waals surface area contributed by atoms with Crippen molar-refractivity contribution in [1.82, 2.24) is 0 Å². The molecule has 0 heterocycles. The van der Waals surface area contributed by atoms with E-state index in [1.54, 1.807) is 0 Å². The van der Waals surface area contributed by atoms with Gasteiger partial charge in [-0.3, -0.25) is 0 Å². The summed E-state index contributed by atoms with van der Waals surface area (Å²) in [5.74, 6) is -1.98. The second-order valence-electron chi connectivity index (χ2n) is 3.48. The van der Waals surface area contributed by atoms with Crippen molar-refractivity contribution in [3.63, 3.8) is 0 Å². The van der Waals surface area contributed by atoms with Crippen LogP contribution < -0.4 is 4.74 Å². The van der Waals surface area contributed by atoms with Crippen LogP contribution in [0.25, 0.3) is 11.1 Å². The van der Waals surface area contributed by atoms with Gasteiger partial charge in [0, 0.05) is 4.47 Å². The third-order valence-electron chi connectivity index (χ3n) is 2.37. The Morgan fingerprint density at radius 3 is 2.47 bits per heavy atom. The summed E-state index contributed by atoms with van der Waals surface area (Å²) in [5.41, 5.74) is 1.36. The summed E-state index contributed by atoms with van der Waals surface area (Å²) in [6.07, 6.45) is 0. The van der Waals surface area contributed by atoms with Crippen LogP contribution in [0.3, 0.4) is 0 Å². The normalized spacial score (nSPS) is 10.4. The second-order valence-corrected chi connectivity index (χ2v) is 4.40. The number of benzene rings is 2. The molecule has 0 atom stereocenters. The molecule has 0 N–H and O–H groups in total. The molecular weight excluding hydrogens is 290 g/mol. The molecule has 0 aliphatic carbocycles. The lowest BCUT2D eigenvalue weighted by Gasteiger charge is -2.07. The molecule has 0 amide bonds. The number of rotatable bonds is 2. The van der Waals surface area contributed by atoms with Crippen molar-refractivity contribution in [1.29, 1.82) is 0 Å². The van der Waals surface area contributed by atoms with Crippen molar-refractivity contribution in [3.05, 3.63) is 52.5 Å². The van der Waals surface area contributed by atoms with E-state index in [1.807, 2.05) is 24.3 Å². The van der Waals surface area contributed by atoms with Crippen LogP contribution >= 0.6 is 15.9 Å². The molecule has 0 spiro atoms. The van der Waals surface area contributed by atoms with Gasteiger partial charge in [0.15, 0.2) is 11.6 Å². The summed E-state index contributed by atoms with van der Waals surface area (Å²) in [4.78, 5) is 0. The molecule has 4 heteroatoms. The number of ether oxygens (including phenoxy) is 1. The molecule has 0 saturated carbocycles. The monoisotopic (exact) mass is 298 g/mol. The molecule has 2 aromatic rings. The zero-order chi connectivity index (χ0) is 12.4. The van der Waals surface area contributed by atoms with Crippen molar-refractivity contribution < 1.29 is 13.5 Å². The summed E-state index contributed by atoms with van der Waals surface area (Å²) < 4.78 is 32.3. The Hall–Kier alpha value is -1.42. The van der Waals surface area contributed by atoms with Gasteiger partial charge in [0.1, 0.15) is 0 Å². The molecule has 2 rings (SSSR count). The fourth-order valence-corrected chi connectivity index (χ4v) is 1.95. The molecule has 0 unspecified atom stereocenters. The Bertz CT molecular complexity index is 555. The Morgan fingerprint density at radius 1 is 1.06 bits per heavy atom. The summed E-state index contributed by atoms with van der Waals surface area (Å²) in [7, 11) is 1.31. The quantitative estimate of drug-likeness (QED) is 0.798. The molecule has 0 saturated heterocycles. The summed E-state index contributed by atoms with van der Waals surface area (Å²) >= 11 is 3.33. The zero-order valence-electron chi connectivity index (χ0n) is 9.01. The number of methoxy groups -OCH3 is 1. The topological polar surface area (TPSA) is 9.23 Å². The summed E-state index contributed by atoms with van der Waals surface area (Å²) in [6.45, 7) is 0. The van der Waals surface area contributed by atoms with Crippen molar-refractivity contribution in [3.8, 4) is 16.9 Å². The van der Waals surface area contributed by atoms with Crippen LogP contribution in [0.5, 0.6) is 5.75 Å². The first-order valence-electron chi connectivity index (χ1n) is 4.91. The first kappa shape index (κ1) is 12.0. The Balaban J connectivity index is 2.56. The molecule has 0 aromatic heterocycles. The lowest BCUT2D eigenvalue weighted by atomic mass is 10.1. The van der Waals surface area contributed by atoms with Crippen molar-refractivity contribution in [2.75, 3.05) is 7.11 Å². The van der Waals surface area contributed by atoms with Gasteiger partial charge in [-0.05, 0) is 35.4 Å². The fourth-order valence-electron chi connectivity index (χ4n) is 1.55. The minimum absolute atomic E-state index is 0.0972. The predicted molar refractivity (Wildman–Crippen MR) is 66.0 cm³/mol. The standard InChI is InChI=1S/C13H9BrF2O/c1-17-12-7-9(6-11(15)13(12)16)8-3-2-4-10(14)5-8/h2-7H,1H3. The second kappa shape index (κ2) is 4.84. The number of hydrogen-bond donors (Lipinski definition) is 0. The van der Waals surface area contributed by atoms with E-state index in [4.69, 9.17) is 4.74 Å². The lowest BCUT2D eigenvalue weighted by Crippen LogP contribution is -1.93. The van der Waals surface area contributed by atoms with Crippen molar-refractivity contribution in [2.24, 2.45) is 0 Å². The number of hydrogen-bond acceptors (Lipinski definition) is 1. The lowest BCUT2D eigenvalue weighted by molar-refractivity contribution is 0.372. The van der Waals surface area contributed by atoms with E-state index in [-0.39, 0.29) is 5.75 Å². The SMILES string of the molecule is COc1cc(-c2cccc(Br)c2)cc(F)c1F. The van der Waals surface area contributed by atoms with Crippen LogP contribution in [0.4, 0.5) is 8.78 Å². The molecule has 0 fully saturated rings. The average molecular weight is 299 g/mol. The fraction of sp³-hybridized carbons (Fsp3) is 0.0769. The molecule has 0 aliphatic rings. The minimum Gasteiger partial charge on any atom is -0.494 e. The van der Waals surface area contributed by atoms with E-state index in [2.05, 4.69) is 15.9 Å². The molecular formula is C13H9BrF2O. The van der Waals surface area contributed by atoms with Crippen LogP contribution in [0, 0.1) is 11.6 Å². The van der Waals surface area contributed by atoms with E-state index in [0.29, 0.717) is 5.56 Å². The van der Waals surface area contributed by atoms with Gasteiger partial charge in [-0.15, -0.1) is 0 Å². The molecule has 0 aliphatic heterocycles. The molecule has 0 radical (unpaired) electrons. The van der Waals surface area contributed by atoms with Crippen LogP contribution in [-0.4, -0.2) is 7.11 Å². The maximum atomic E-state index is 13.3. The molecule has 88 valence electrons. The van der Waals surface area contributed by atoms with Crippen LogP contribution in [-0.2, 0) is 0 Å². The largest absolute Gasteiger partial charge is 0.494 e.